The summed E-state index contributed by atoms with van der Waals surface area (Å²) >= 11 is 3.54. The highest BCUT2D eigenvalue weighted by Crippen LogP contribution is 2.30. The van der Waals surface area contributed by atoms with Crippen molar-refractivity contribution in [3.63, 3.8) is 0 Å². The Balaban J connectivity index is 2.42. The van der Waals surface area contributed by atoms with Gasteiger partial charge >= 0.3 is 0 Å². The fraction of sp³-hybridized carbons (Fsp3) is 0.400. The van der Waals surface area contributed by atoms with E-state index >= 15 is 0 Å². The third-order valence-corrected chi connectivity index (χ3v) is 3.81. The van der Waals surface area contributed by atoms with Gasteiger partial charge in [-0.25, -0.2) is 0 Å². The summed E-state index contributed by atoms with van der Waals surface area (Å²) in [5, 5.41) is 2.34. The van der Waals surface area contributed by atoms with Crippen molar-refractivity contribution in [3.05, 3.63) is 40.6 Å². The molecule has 0 spiro atoms. The Morgan fingerprint density at radius 1 is 1.22 bits per heavy atom. The molecule has 0 fully saturated rings. The smallest absolute Gasteiger partial charge is 0.0976 e. The average Bonchev–Trinajstić information content (AvgIpc) is 2.39. The fourth-order valence-corrected chi connectivity index (χ4v) is 2.46. The first-order valence-corrected chi connectivity index (χ1v) is 7.11. The van der Waals surface area contributed by atoms with Gasteiger partial charge in [-0.2, -0.15) is 0 Å². The molecule has 2 rings (SSSR count). The van der Waals surface area contributed by atoms with Crippen LogP contribution in [-0.4, -0.2) is 11.1 Å². The maximum Gasteiger partial charge on any atom is 0.0976 e. The number of benzene rings is 1. The van der Waals surface area contributed by atoms with Crippen molar-refractivity contribution in [2.24, 2.45) is 0 Å². The van der Waals surface area contributed by atoms with E-state index in [0.717, 1.165) is 22.0 Å². The minimum atomic E-state index is 0.0120. The summed E-state index contributed by atoms with van der Waals surface area (Å²) in [5.74, 6) is 0. The molecule has 2 aromatic rings. The zero-order valence-electron chi connectivity index (χ0n) is 11.0. The summed E-state index contributed by atoms with van der Waals surface area (Å²) in [4.78, 5) is 4.52. The largest absolute Gasteiger partial charge is 0.369 e. The van der Waals surface area contributed by atoms with Gasteiger partial charge in [0.15, 0.2) is 0 Å². The lowest BCUT2D eigenvalue weighted by Crippen LogP contribution is -2.11. The Morgan fingerprint density at radius 3 is 2.56 bits per heavy atom. The van der Waals surface area contributed by atoms with E-state index in [-0.39, 0.29) is 12.2 Å². The average molecular weight is 308 g/mol. The Labute approximate surface area is 117 Å². The highest BCUT2D eigenvalue weighted by atomic mass is 79.9. The number of pyridine rings is 1. The van der Waals surface area contributed by atoms with E-state index in [0.29, 0.717) is 0 Å². The third-order valence-electron chi connectivity index (χ3n) is 3.17. The van der Waals surface area contributed by atoms with Crippen LogP contribution in [0.2, 0.25) is 0 Å². The molecule has 0 radical (unpaired) electrons. The topological polar surface area (TPSA) is 22.1 Å². The van der Waals surface area contributed by atoms with Gasteiger partial charge in [-0.05, 0) is 41.6 Å². The number of ether oxygens (including phenoxy) is 1. The molecule has 0 saturated heterocycles. The number of nitrogens with zero attached hydrogens (tertiary/aromatic N) is 1. The Hall–Kier alpha value is -0.930. The quantitative estimate of drug-likeness (QED) is 0.803. The second-order valence-electron chi connectivity index (χ2n) is 4.53. The lowest BCUT2D eigenvalue weighted by Gasteiger charge is -2.19. The molecule has 0 aliphatic carbocycles. The highest BCUT2D eigenvalue weighted by Gasteiger charge is 2.15. The molecule has 1 aromatic heterocycles. The molecule has 0 aliphatic rings. The minimum absolute atomic E-state index is 0.0120. The molecule has 0 amide bonds. The summed E-state index contributed by atoms with van der Waals surface area (Å²) < 4.78 is 6.98. The van der Waals surface area contributed by atoms with Gasteiger partial charge < -0.3 is 4.74 Å². The molecular weight excluding hydrogens is 290 g/mol. The van der Waals surface area contributed by atoms with Gasteiger partial charge in [0, 0.05) is 16.1 Å². The van der Waals surface area contributed by atoms with Crippen LogP contribution in [0.5, 0.6) is 0 Å². The second-order valence-corrected chi connectivity index (χ2v) is 5.39. The predicted octanol–water partition coefficient (Wildman–Crippen LogP) is 4.87. The van der Waals surface area contributed by atoms with Crippen LogP contribution in [-0.2, 0) is 4.74 Å². The number of fused-ring (bicyclic) bond motifs is 1. The molecule has 1 aromatic carbocycles. The van der Waals surface area contributed by atoms with Crippen molar-refractivity contribution in [2.45, 2.75) is 39.4 Å². The van der Waals surface area contributed by atoms with Crippen molar-refractivity contribution in [3.8, 4) is 0 Å². The van der Waals surface area contributed by atoms with Crippen LogP contribution in [0.15, 0.2) is 34.9 Å². The summed E-state index contributed by atoms with van der Waals surface area (Å²) in [6.45, 7) is 6.29. The van der Waals surface area contributed by atoms with Crippen LogP contribution in [0.25, 0.3) is 10.8 Å². The summed E-state index contributed by atoms with van der Waals surface area (Å²) in [6.07, 6.45) is 3.13. The number of hydrogen-bond acceptors (Lipinski definition) is 2. The van der Waals surface area contributed by atoms with Crippen LogP contribution in [0.1, 0.15) is 39.0 Å². The fourth-order valence-electron chi connectivity index (χ4n) is 2.01. The summed E-state index contributed by atoms with van der Waals surface area (Å²) in [7, 11) is 0. The van der Waals surface area contributed by atoms with Crippen LogP contribution < -0.4 is 0 Å². The maximum absolute atomic E-state index is 5.96. The summed E-state index contributed by atoms with van der Waals surface area (Å²) in [5.41, 5.74) is 1.01. The predicted molar refractivity (Wildman–Crippen MR) is 78.7 cm³/mol. The van der Waals surface area contributed by atoms with Crippen LogP contribution in [0.3, 0.4) is 0 Å². The summed E-state index contributed by atoms with van der Waals surface area (Å²) in [6, 6.07) is 8.27. The van der Waals surface area contributed by atoms with Gasteiger partial charge in [0.25, 0.3) is 0 Å². The molecule has 3 heteroatoms. The van der Waals surface area contributed by atoms with Crippen molar-refractivity contribution in [1.82, 2.24) is 4.98 Å². The Morgan fingerprint density at radius 2 is 1.89 bits per heavy atom. The van der Waals surface area contributed by atoms with Crippen LogP contribution in [0.4, 0.5) is 0 Å². The maximum atomic E-state index is 5.96. The molecule has 18 heavy (non-hydrogen) atoms. The molecule has 0 aliphatic heterocycles. The van der Waals surface area contributed by atoms with Crippen LogP contribution in [0, 0.1) is 0 Å². The van der Waals surface area contributed by atoms with E-state index in [1.807, 2.05) is 18.3 Å². The van der Waals surface area contributed by atoms with Gasteiger partial charge in [0.1, 0.15) is 0 Å². The van der Waals surface area contributed by atoms with Crippen molar-refractivity contribution < 1.29 is 4.74 Å². The van der Waals surface area contributed by atoms with Gasteiger partial charge in [0.2, 0.25) is 0 Å². The molecule has 0 N–H and O–H groups in total. The Bertz CT molecular complexity index is 541. The lowest BCUT2D eigenvalue weighted by molar-refractivity contribution is 0.00408. The van der Waals surface area contributed by atoms with Crippen molar-refractivity contribution >= 4 is 26.7 Å². The second kappa shape index (κ2) is 5.81. The van der Waals surface area contributed by atoms with E-state index in [2.05, 4.69) is 53.8 Å². The first-order valence-electron chi connectivity index (χ1n) is 6.32. The van der Waals surface area contributed by atoms with Gasteiger partial charge in [0.05, 0.1) is 17.9 Å². The highest BCUT2D eigenvalue weighted by molar-refractivity contribution is 9.10. The minimum Gasteiger partial charge on any atom is -0.369 e. The normalized spacial score (nSPS) is 14.7. The number of hydrogen-bond donors (Lipinski definition) is 0. The molecule has 0 saturated carbocycles. The molecular formula is C15H18BrNO. The molecule has 0 bridgehead atoms. The van der Waals surface area contributed by atoms with E-state index in [4.69, 9.17) is 4.74 Å². The molecule has 1 heterocycles. The van der Waals surface area contributed by atoms with Gasteiger partial charge in [-0.3, -0.25) is 4.98 Å². The molecule has 2 nitrogen and oxygen atoms in total. The Kier molecular flexibility index (Phi) is 4.36. The van der Waals surface area contributed by atoms with Gasteiger partial charge in [-0.1, -0.05) is 31.2 Å². The standard InChI is InChI=1S/C15H18BrNO/c1-4-10(2)18-11(3)15-13-8-6-5-7-12(13)14(16)9-17-15/h5-11H,4H2,1-3H3. The van der Waals surface area contributed by atoms with E-state index in [1.54, 1.807) is 0 Å². The zero-order valence-corrected chi connectivity index (χ0v) is 12.6. The van der Waals surface area contributed by atoms with Crippen molar-refractivity contribution in [2.75, 3.05) is 0 Å². The molecule has 96 valence electrons. The van der Waals surface area contributed by atoms with Crippen molar-refractivity contribution in [1.29, 1.82) is 0 Å². The van der Waals surface area contributed by atoms with Gasteiger partial charge in [-0.15, -0.1) is 0 Å². The number of rotatable bonds is 4. The monoisotopic (exact) mass is 307 g/mol. The van der Waals surface area contributed by atoms with Crippen LogP contribution >= 0.6 is 15.9 Å². The SMILES string of the molecule is CCC(C)OC(C)c1ncc(Br)c2ccccc12. The number of aromatic nitrogens is 1. The first-order chi connectivity index (χ1) is 8.63. The first kappa shape index (κ1) is 13.5. The van der Waals surface area contributed by atoms with E-state index in [1.165, 1.54) is 5.39 Å². The van der Waals surface area contributed by atoms with E-state index < -0.39 is 0 Å². The molecule has 2 unspecified atom stereocenters. The third kappa shape index (κ3) is 2.73. The zero-order chi connectivity index (χ0) is 13.1. The number of halogens is 1. The lowest BCUT2D eigenvalue weighted by atomic mass is 10.1. The van der Waals surface area contributed by atoms with E-state index in [9.17, 15) is 0 Å². The molecule has 2 atom stereocenters.